The lowest BCUT2D eigenvalue weighted by Crippen LogP contribution is -2.20. The monoisotopic (exact) mass is 403 g/mol. The molecule has 2 aliphatic carbocycles. The van der Waals surface area contributed by atoms with E-state index in [1.165, 1.54) is 56.9 Å². The number of hydrogen-bond donors (Lipinski definition) is 0. The zero-order valence-corrected chi connectivity index (χ0v) is 16.7. The van der Waals surface area contributed by atoms with Crippen molar-refractivity contribution in [1.29, 1.82) is 5.26 Å². The Hall–Kier alpha value is -1.01. The van der Waals surface area contributed by atoms with Crippen LogP contribution in [0.3, 0.4) is 0 Å². The number of rotatable bonds is 6. The Kier molecular flexibility index (Phi) is 7.23. The third kappa shape index (κ3) is 5.48. The van der Waals surface area contributed by atoms with Gasteiger partial charge in [-0.05, 0) is 92.7 Å². The molecule has 2 fully saturated rings. The molecule has 0 bridgehead atoms. The molecule has 1 aromatic rings. The number of benzene rings is 1. The molecule has 0 amide bonds. The van der Waals surface area contributed by atoms with E-state index in [0.29, 0.717) is 11.8 Å². The molecule has 0 aromatic heterocycles. The van der Waals surface area contributed by atoms with Crippen LogP contribution in [0.5, 0.6) is 5.75 Å². The summed E-state index contributed by atoms with van der Waals surface area (Å²) in [6.07, 6.45) is 10.9. The fourth-order valence-electron chi connectivity index (χ4n) is 4.43. The minimum absolute atomic E-state index is 0.625. The van der Waals surface area contributed by atoms with Crippen LogP contribution in [0, 0.1) is 29.1 Å². The maximum absolute atomic E-state index is 8.80. The third-order valence-corrected chi connectivity index (χ3v) is 7.16. The van der Waals surface area contributed by atoms with Crippen LogP contribution in [0.25, 0.3) is 0 Å². The molecule has 0 unspecified atom stereocenters. The molecule has 2 nitrogen and oxygen atoms in total. The predicted molar refractivity (Wildman–Crippen MR) is 106 cm³/mol. The summed E-state index contributed by atoms with van der Waals surface area (Å²) in [6, 6.07) is 11.2. The minimum atomic E-state index is 0.625. The molecular weight excluding hydrogens is 374 g/mol. The number of nitrogens with zero attached hydrogens (tertiary/aromatic N) is 1. The minimum Gasteiger partial charge on any atom is -0.493 e. The van der Waals surface area contributed by atoms with Gasteiger partial charge in [0.05, 0.1) is 12.7 Å². The quantitative estimate of drug-likeness (QED) is 0.510. The van der Waals surface area contributed by atoms with Crippen LogP contribution in [-0.4, -0.2) is 11.9 Å². The van der Waals surface area contributed by atoms with Crippen LogP contribution in [0.1, 0.15) is 69.3 Å². The molecule has 0 saturated heterocycles. The van der Waals surface area contributed by atoms with E-state index in [1.807, 2.05) is 0 Å². The van der Waals surface area contributed by atoms with Gasteiger partial charge in [0.1, 0.15) is 5.75 Å². The summed E-state index contributed by atoms with van der Waals surface area (Å²) >= 11 is 3.63. The van der Waals surface area contributed by atoms with Crippen LogP contribution in [0.4, 0.5) is 0 Å². The lowest BCUT2D eigenvalue weighted by Gasteiger charge is -2.28. The fraction of sp³-hybridized carbons (Fsp3) is 0.682. The van der Waals surface area contributed by atoms with Crippen LogP contribution in [0.15, 0.2) is 24.3 Å². The summed E-state index contributed by atoms with van der Waals surface area (Å²) in [4.78, 5) is 0. The molecule has 0 radical (unpaired) electrons. The SMILES string of the molecule is N#CC[C@H]1CC[C@H](COc2ccc([C@H]3CC[C@H](CBr)CC3)cc2)CC1. The van der Waals surface area contributed by atoms with Gasteiger partial charge in [-0.25, -0.2) is 0 Å². The van der Waals surface area contributed by atoms with Gasteiger partial charge in [0.25, 0.3) is 0 Å². The maximum Gasteiger partial charge on any atom is 0.119 e. The average molecular weight is 404 g/mol. The standard InChI is InChI=1S/C22H30BrNO/c23-15-18-5-7-20(8-6-18)21-9-11-22(12-10-21)25-16-19-3-1-17(2-4-19)13-14-24/h9-12,17-20H,1-8,13,15-16H2/t17-,18-,19-,20-. The second-order valence-corrected chi connectivity index (χ2v) is 8.65. The van der Waals surface area contributed by atoms with E-state index in [9.17, 15) is 0 Å². The van der Waals surface area contributed by atoms with E-state index in [-0.39, 0.29) is 0 Å². The Morgan fingerprint density at radius 2 is 1.48 bits per heavy atom. The van der Waals surface area contributed by atoms with Crippen molar-refractivity contribution in [3.05, 3.63) is 29.8 Å². The van der Waals surface area contributed by atoms with Gasteiger partial charge in [-0.15, -0.1) is 0 Å². The molecule has 0 aliphatic heterocycles. The molecule has 1 aromatic carbocycles. The number of halogens is 1. The van der Waals surface area contributed by atoms with Crippen molar-refractivity contribution in [1.82, 2.24) is 0 Å². The topological polar surface area (TPSA) is 33.0 Å². The molecule has 3 heteroatoms. The molecule has 2 aliphatic rings. The predicted octanol–water partition coefficient (Wildman–Crippen LogP) is 6.45. The van der Waals surface area contributed by atoms with Crippen LogP contribution < -0.4 is 4.74 Å². The Labute approximate surface area is 161 Å². The largest absolute Gasteiger partial charge is 0.493 e. The smallest absolute Gasteiger partial charge is 0.119 e. The molecule has 3 rings (SSSR count). The Bertz CT molecular complexity index is 548. The van der Waals surface area contributed by atoms with Crippen LogP contribution in [-0.2, 0) is 0 Å². The molecule has 0 spiro atoms. The Morgan fingerprint density at radius 3 is 2.08 bits per heavy atom. The van der Waals surface area contributed by atoms with Crippen molar-refractivity contribution < 1.29 is 4.74 Å². The highest BCUT2D eigenvalue weighted by Crippen LogP contribution is 2.37. The zero-order chi connectivity index (χ0) is 17.5. The normalized spacial score (nSPS) is 29.8. The van der Waals surface area contributed by atoms with Gasteiger partial charge >= 0.3 is 0 Å². The molecule has 2 saturated carbocycles. The number of hydrogen-bond acceptors (Lipinski definition) is 2. The number of alkyl halides is 1. The van der Waals surface area contributed by atoms with Gasteiger partial charge in [-0.3, -0.25) is 0 Å². The van der Waals surface area contributed by atoms with E-state index >= 15 is 0 Å². The lowest BCUT2D eigenvalue weighted by atomic mass is 9.79. The van der Waals surface area contributed by atoms with Gasteiger partial charge in [0, 0.05) is 11.8 Å². The molecule has 0 atom stereocenters. The average Bonchev–Trinajstić information content (AvgIpc) is 2.68. The zero-order valence-electron chi connectivity index (χ0n) is 15.1. The highest BCUT2D eigenvalue weighted by molar-refractivity contribution is 9.09. The molecule has 0 heterocycles. The summed E-state index contributed by atoms with van der Waals surface area (Å²) in [7, 11) is 0. The number of nitriles is 1. The molecule has 25 heavy (non-hydrogen) atoms. The first-order chi connectivity index (χ1) is 12.3. The number of ether oxygens (including phenoxy) is 1. The van der Waals surface area contributed by atoms with Gasteiger partial charge in [-0.2, -0.15) is 5.26 Å². The van der Waals surface area contributed by atoms with Crippen molar-refractivity contribution >= 4 is 15.9 Å². The second kappa shape index (κ2) is 9.62. The van der Waals surface area contributed by atoms with Gasteiger partial charge < -0.3 is 4.74 Å². The first-order valence-corrected chi connectivity index (χ1v) is 11.1. The van der Waals surface area contributed by atoms with E-state index in [2.05, 4.69) is 46.3 Å². The highest BCUT2D eigenvalue weighted by atomic mass is 79.9. The van der Waals surface area contributed by atoms with Gasteiger partial charge in [0.15, 0.2) is 0 Å². The Morgan fingerprint density at radius 1 is 0.880 bits per heavy atom. The fourth-order valence-corrected chi connectivity index (χ4v) is 5.08. The van der Waals surface area contributed by atoms with E-state index < -0.39 is 0 Å². The van der Waals surface area contributed by atoms with E-state index in [0.717, 1.165) is 35.9 Å². The second-order valence-electron chi connectivity index (χ2n) is 8.00. The van der Waals surface area contributed by atoms with Crippen molar-refractivity contribution in [2.75, 3.05) is 11.9 Å². The van der Waals surface area contributed by atoms with Crippen LogP contribution in [0.2, 0.25) is 0 Å². The summed E-state index contributed by atoms with van der Waals surface area (Å²) in [5.74, 6) is 3.91. The van der Waals surface area contributed by atoms with Gasteiger partial charge in [0.2, 0.25) is 0 Å². The van der Waals surface area contributed by atoms with Crippen molar-refractivity contribution in [3.63, 3.8) is 0 Å². The summed E-state index contributed by atoms with van der Waals surface area (Å²) < 4.78 is 6.05. The molecule has 0 N–H and O–H groups in total. The first-order valence-electron chi connectivity index (χ1n) is 9.94. The molecule has 136 valence electrons. The first kappa shape index (κ1) is 18.8. The van der Waals surface area contributed by atoms with Crippen molar-refractivity contribution in [3.8, 4) is 11.8 Å². The van der Waals surface area contributed by atoms with E-state index in [1.54, 1.807) is 0 Å². The summed E-state index contributed by atoms with van der Waals surface area (Å²) in [5, 5.41) is 9.96. The third-order valence-electron chi connectivity index (χ3n) is 6.25. The lowest BCUT2D eigenvalue weighted by molar-refractivity contribution is 0.184. The molecular formula is C22H30BrNO. The van der Waals surface area contributed by atoms with E-state index in [4.69, 9.17) is 10.00 Å². The van der Waals surface area contributed by atoms with Gasteiger partial charge in [-0.1, -0.05) is 28.1 Å². The van der Waals surface area contributed by atoms with Crippen LogP contribution >= 0.6 is 15.9 Å². The maximum atomic E-state index is 8.80. The highest BCUT2D eigenvalue weighted by Gasteiger charge is 2.23. The summed E-state index contributed by atoms with van der Waals surface area (Å²) in [6.45, 7) is 0.828. The van der Waals surface area contributed by atoms with Crippen molar-refractivity contribution in [2.45, 2.75) is 63.7 Å². The Balaban J connectivity index is 1.42. The summed E-state index contributed by atoms with van der Waals surface area (Å²) in [5.41, 5.74) is 1.48. The van der Waals surface area contributed by atoms with Crippen molar-refractivity contribution in [2.24, 2.45) is 17.8 Å².